The van der Waals surface area contributed by atoms with Crippen molar-refractivity contribution in [2.75, 3.05) is 19.6 Å². The highest BCUT2D eigenvalue weighted by Gasteiger charge is 2.26. The molecule has 1 aliphatic rings. The van der Waals surface area contributed by atoms with Crippen molar-refractivity contribution < 1.29 is 14.3 Å². The molecule has 110 valence electrons. The molecule has 2 atom stereocenters. The van der Waals surface area contributed by atoms with E-state index in [1.54, 1.807) is 0 Å². The van der Waals surface area contributed by atoms with Gasteiger partial charge in [-0.1, -0.05) is 20.8 Å². The molecule has 2 unspecified atom stereocenters. The van der Waals surface area contributed by atoms with E-state index in [1.807, 2.05) is 39.5 Å². The van der Waals surface area contributed by atoms with Crippen molar-refractivity contribution in [3.63, 3.8) is 0 Å². The minimum absolute atomic E-state index is 0.0241. The molecule has 1 fully saturated rings. The number of amides is 2. The Labute approximate surface area is 115 Å². The second kappa shape index (κ2) is 6.37. The van der Waals surface area contributed by atoms with Crippen LogP contribution in [0.15, 0.2) is 0 Å². The first kappa shape index (κ1) is 16.0. The lowest BCUT2D eigenvalue weighted by Crippen LogP contribution is -2.49. The maximum absolute atomic E-state index is 12.0. The monoisotopic (exact) mass is 270 g/mol. The van der Waals surface area contributed by atoms with Gasteiger partial charge in [0.2, 0.25) is 11.8 Å². The summed E-state index contributed by atoms with van der Waals surface area (Å²) < 4.78 is 5.59. The molecule has 5 nitrogen and oxygen atoms in total. The Balaban J connectivity index is 2.33. The van der Waals surface area contributed by atoms with Crippen LogP contribution in [0, 0.1) is 5.41 Å². The largest absolute Gasteiger partial charge is 0.372 e. The molecule has 1 aliphatic heterocycles. The van der Waals surface area contributed by atoms with Crippen molar-refractivity contribution in [2.45, 2.75) is 53.2 Å². The van der Waals surface area contributed by atoms with Crippen LogP contribution >= 0.6 is 0 Å². The van der Waals surface area contributed by atoms with Gasteiger partial charge in [-0.05, 0) is 13.8 Å². The average Bonchev–Trinajstić information content (AvgIpc) is 2.26. The van der Waals surface area contributed by atoms with Gasteiger partial charge in [0, 0.05) is 31.5 Å². The summed E-state index contributed by atoms with van der Waals surface area (Å²) in [6.07, 6.45) is 0.509. The van der Waals surface area contributed by atoms with E-state index < -0.39 is 5.41 Å². The molecule has 0 aliphatic carbocycles. The molecule has 0 aromatic heterocycles. The van der Waals surface area contributed by atoms with Crippen LogP contribution in [-0.2, 0) is 14.3 Å². The summed E-state index contributed by atoms with van der Waals surface area (Å²) in [6.45, 7) is 11.2. The standard InChI is InChI=1S/C14H26N2O3/c1-10-8-16(9-11(2)19-10)12(17)6-7-15-13(18)14(3,4)5/h10-11H,6-9H2,1-5H3,(H,15,18). The summed E-state index contributed by atoms with van der Waals surface area (Å²) >= 11 is 0. The molecule has 1 saturated heterocycles. The van der Waals surface area contributed by atoms with Gasteiger partial charge >= 0.3 is 0 Å². The zero-order valence-electron chi connectivity index (χ0n) is 12.7. The van der Waals surface area contributed by atoms with Crippen LogP contribution in [0.4, 0.5) is 0 Å². The molecule has 0 radical (unpaired) electrons. The van der Waals surface area contributed by atoms with Crippen LogP contribution < -0.4 is 5.32 Å². The van der Waals surface area contributed by atoms with E-state index in [4.69, 9.17) is 4.74 Å². The van der Waals surface area contributed by atoms with Gasteiger partial charge in [-0.3, -0.25) is 9.59 Å². The van der Waals surface area contributed by atoms with Crippen LogP contribution in [0.3, 0.4) is 0 Å². The maximum atomic E-state index is 12.0. The van der Waals surface area contributed by atoms with Gasteiger partial charge in [0.1, 0.15) is 0 Å². The second-order valence-electron chi connectivity index (χ2n) is 6.31. The number of hydrogen-bond donors (Lipinski definition) is 1. The number of carbonyl (C=O) groups is 2. The summed E-state index contributed by atoms with van der Waals surface area (Å²) in [5.74, 6) is 0.0558. The lowest BCUT2D eigenvalue weighted by Gasteiger charge is -2.35. The Kier molecular flexibility index (Phi) is 5.35. The SMILES string of the molecule is CC1CN(C(=O)CCNC(=O)C(C)(C)C)CC(C)O1. The molecule has 5 heteroatoms. The summed E-state index contributed by atoms with van der Waals surface area (Å²) in [4.78, 5) is 25.5. The third kappa shape index (κ3) is 5.19. The zero-order valence-corrected chi connectivity index (χ0v) is 12.7. The van der Waals surface area contributed by atoms with Crippen molar-refractivity contribution in [2.24, 2.45) is 5.41 Å². The molecule has 1 N–H and O–H groups in total. The van der Waals surface area contributed by atoms with E-state index in [-0.39, 0.29) is 24.0 Å². The van der Waals surface area contributed by atoms with E-state index in [2.05, 4.69) is 5.32 Å². The topological polar surface area (TPSA) is 58.6 Å². The van der Waals surface area contributed by atoms with Crippen molar-refractivity contribution >= 4 is 11.8 Å². The Bertz CT molecular complexity index is 326. The predicted molar refractivity (Wildman–Crippen MR) is 73.7 cm³/mol. The van der Waals surface area contributed by atoms with Crippen LogP contribution in [0.1, 0.15) is 41.0 Å². The van der Waals surface area contributed by atoms with Crippen molar-refractivity contribution in [1.82, 2.24) is 10.2 Å². The third-order valence-corrected chi connectivity index (χ3v) is 3.08. The number of morpholine rings is 1. The van der Waals surface area contributed by atoms with Gasteiger partial charge in [0.15, 0.2) is 0 Å². The number of ether oxygens (including phenoxy) is 1. The number of nitrogens with zero attached hydrogens (tertiary/aromatic N) is 1. The van der Waals surface area contributed by atoms with Crippen LogP contribution in [0.5, 0.6) is 0 Å². The van der Waals surface area contributed by atoms with Crippen molar-refractivity contribution in [3.05, 3.63) is 0 Å². The highest BCUT2D eigenvalue weighted by molar-refractivity contribution is 5.82. The second-order valence-corrected chi connectivity index (χ2v) is 6.31. The molecule has 1 heterocycles. The summed E-state index contributed by atoms with van der Waals surface area (Å²) in [7, 11) is 0. The predicted octanol–water partition coefficient (Wildman–Crippen LogP) is 1.17. The fraction of sp³-hybridized carbons (Fsp3) is 0.857. The van der Waals surface area contributed by atoms with E-state index in [0.29, 0.717) is 26.1 Å². The lowest BCUT2D eigenvalue weighted by atomic mass is 9.96. The van der Waals surface area contributed by atoms with E-state index in [9.17, 15) is 9.59 Å². The molecule has 0 saturated carbocycles. The average molecular weight is 270 g/mol. The Morgan fingerprint density at radius 3 is 2.21 bits per heavy atom. The smallest absolute Gasteiger partial charge is 0.225 e. The fourth-order valence-corrected chi connectivity index (χ4v) is 2.09. The van der Waals surface area contributed by atoms with Crippen molar-refractivity contribution in [1.29, 1.82) is 0 Å². The van der Waals surface area contributed by atoms with Gasteiger partial charge in [-0.25, -0.2) is 0 Å². The number of carbonyl (C=O) groups excluding carboxylic acids is 2. The minimum Gasteiger partial charge on any atom is -0.372 e. The highest BCUT2D eigenvalue weighted by atomic mass is 16.5. The van der Waals surface area contributed by atoms with Crippen LogP contribution in [0.25, 0.3) is 0 Å². The molecular formula is C14H26N2O3. The quantitative estimate of drug-likeness (QED) is 0.837. The lowest BCUT2D eigenvalue weighted by molar-refractivity contribution is -0.143. The molecule has 19 heavy (non-hydrogen) atoms. The molecule has 0 spiro atoms. The van der Waals surface area contributed by atoms with Gasteiger partial charge in [-0.15, -0.1) is 0 Å². The number of rotatable bonds is 3. The first-order valence-corrected chi connectivity index (χ1v) is 6.91. The van der Waals surface area contributed by atoms with Gasteiger partial charge in [-0.2, -0.15) is 0 Å². The van der Waals surface area contributed by atoms with Gasteiger partial charge < -0.3 is 15.0 Å². The summed E-state index contributed by atoms with van der Waals surface area (Å²) in [5, 5.41) is 2.80. The molecule has 0 bridgehead atoms. The number of hydrogen-bond acceptors (Lipinski definition) is 3. The Hall–Kier alpha value is -1.10. The summed E-state index contributed by atoms with van der Waals surface area (Å²) in [6, 6.07) is 0. The first-order chi connectivity index (χ1) is 8.70. The normalized spacial score (nSPS) is 24.2. The van der Waals surface area contributed by atoms with Crippen LogP contribution in [0.2, 0.25) is 0 Å². The fourth-order valence-electron chi connectivity index (χ4n) is 2.09. The Morgan fingerprint density at radius 2 is 1.74 bits per heavy atom. The maximum Gasteiger partial charge on any atom is 0.225 e. The molecule has 1 rings (SSSR count). The molecule has 0 aromatic carbocycles. The van der Waals surface area contributed by atoms with Gasteiger partial charge in [0.25, 0.3) is 0 Å². The molecule has 2 amide bonds. The first-order valence-electron chi connectivity index (χ1n) is 6.91. The van der Waals surface area contributed by atoms with Crippen molar-refractivity contribution in [3.8, 4) is 0 Å². The molecular weight excluding hydrogens is 244 g/mol. The molecule has 0 aromatic rings. The van der Waals surface area contributed by atoms with E-state index >= 15 is 0 Å². The zero-order chi connectivity index (χ0) is 14.6. The van der Waals surface area contributed by atoms with E-state index in [0.717, 1.165) is 0 Å². The Morgan fingerprint density at radius 1 is 1.21 bits per heavy atom. The van der Waals surface area contributed by atoms with Crippen LogP contribution in [-0.4, -0.2) is 48.6 Å². The highest BCUT2D eigenvalue weighted by Crippen LogP contribution is 2.13. The van der Waals surface area contributed by atoms with Gasteiger partial charge in [0.05, 0.1) is 12.2 Å². The third-order valence-electron chi connectivity index (χ3n) is 3.08. The summed E-state index contributed by atoms with van der Waals surface area (Å²) in [5.41, 5.74) is -0.412. The minimum atomic E-state index is -0.412. The van der Waals surface area contributed by atoms with E-state index in [1.165, 1.54) is 0 Å². The number of nitrogens with one attached hydrogen (secondary N) is 1.